The van der Waals surface area contributed by atoms with Crippen LogP contribution in [0.25, 0.3) is 33.0 Å². The van der Waals surface area contributed by atoms with Crippen molar-refractivity contribution in [1.82, 2.24) is 4.57 Å². The van der Waals surface area contributed by atoms with Crippen molar-refractivity contribution in [2.45, 2.75) is 105 Å². The predicted molar refractivity (Wildman–Crippen MR) is 182 cm³/mol. The molecule has 1 aromatic heterocycles. The van der Waals surface area contributed by atoms with Gasteiger partial charge in [-0.05, 0) is 96.2 Å². The molecule has 0 saturated heterocycles. The van der Waals surface area contributed by atoms with Gasteiger partial charge in [-0.15, -0.1) is 0 Å². The maximum Gasteiger partial charge on any atom is 0.0491 e. The topological polar surface area (TPSA) is 4.93 Å². The molecule has 0 N–H and O–H groups in total. The molecule has 0 radical (unpaired) electrons. The lowest BCUT2D eigenvalue weighted by Gasteiger charge is -2.18. The summed E-state index contributed by atoms with van der Waals surface area (Å²) in [6, 6.07) is 13.9. The Morgan fingerprint density at radius 2 is 1.43 bits per heavy atom. The molecule has 0 amide bonds. The van der Waals surface area contributed by atoms with Crippen LogP contribution in [-0.4, -0.2) is 4.57 Å². The summed E-state index contributed by atoms with van der Waals surface area (Å²) in [6.07, 6.45) is 18.5. The Morgan fingerprint density at radius 3 is 1.98 bits per heavy atom. The Kier molecular flexibility index (Phi) is 12.3. The molecule has 1 nitrogen and oxygen atoms in total. The molecule has 0 spiro atoms. The highest BCUT2D eigenvalue weighted by Crippen LogP contribution is 2.36. The van der Waals surface area contributed by atoms with Crippen molar-refractivity contribution in [1.29, 1.82) is 0 Å². The van der Waals surface area contributed by atoms with Crippen LogP contribution in [0.5, 0.6) is 0 Å². The number of fused-ring (bicyclic) bond motifs is 3. The minimum Gasteiger partial charge on any atom is -0.340 e. The summed E-state index contributed by atoms with van der Waals surface area (Å²) in [6.45, 7) is 25.7. The predicted octanol–water partition coefficient (Wildman–Crippen LogP) is 12.5. The van der Waals surface area contributed by atoms with E-state index in [0.29, 0.717) is 5.92 Å². The highest BCUT2D eigenvalue weighted by molar-refractivity contribution is 6.10. The lowest BCUT2D eigenvalue weighted by molar-refractivity contribution is 0.401. The highest BCUT2D eigenvalue weighted by atomic mass is 15.0. The number of hydrogen-bond donors (Lipinski definition) is 0. The van der Waals surface area contributed by atoms with Gasteiger partial charge >= 0.3 is 0 Å². The van der Waals surface area contributed by atoms with Gasteiger partial charge in [0.05, 0.1) is 0 Å². The summed E-state index contributed by atoms with van der Waals surface area (Å²) < 4.78 is 2.57. The van der Waals surface area contributed by atoms with Crippen LogP contribution in [0.2, 0.25) is 0 Å². The quantitative estimate of drug-likeness (QED) is 0.120. The maximum atomic E-state index is 4.54. The van der Waals surface area contributed by atoms with Crippen molar-refractivity contribution in [2.75, 3.05) is 0 Å². The fourth-order valence-corrected chi connectivity index (χ4v) is 5.73. The van der Waals surface area contributed by atoms with E-state index in [0.717, 1.165) is 42.5 Å². The van der Waals surface area contributed by atoms with E-state index in [1.54, 1.807) is 0 Å². The van der Waals surface area contributed by atoms with E-state index in [4.69, 9.17) is 0 Å². The second-order valence-corrected chi connectivity index (χ2v) is 11.5. The van der Waals surface area contributed by atoms with Crippen LogP contribution in [0, 0.1) is 5.92 Å². The van der Waals surface area contributed by atoms with Gasteiger partial charge in [-0.25, -0.2) is 0 Å². The summed E-state index contributed by atoms with van der Waals surface area (Å²) in [5, 5.41) is 2.61. The van der Waals surface area contributed by atoms with Gasteiger partial charge in [0.1, 0.15) is 0 Å². The van der Waals surface area contributed by atoms with Crippen molar-refractivity contribution in [2.24, 2.45) is 5.92 Å². The van der Waals surface area contributed by atoms with E-state index < -0.39 is 0 Å². The van der Waals surface area contributed by atoms with E-state index >= 15 is 0 Å². The van der Waals surface area contributed by atoms with Crippen molar-refractivity contribution < 1.29 is 0 Å². The van der Waals surface area contributed by atoms with Gasteiger partial charge in [-0.2, -0.15) is 0 Å². The number of allylic oxidation sites excluding steroid dienone is 7. The van der Waals surface area contributed by atoms with Crippen LogP contribution in [0.3, 0.4) is 0 Å². The average molecular weight is 536 g/mol. The third-order valence-electron chi connectivity index (χ3n) is 8.40. The number of unbranched alkanes of at least 4 members (excludes halogenated alkanes) is 4. The average Bonchev–Trinajstić information content (AvgIpc) is 3.28. The highest BCUT2D eigenvalue weighted by Gasteiger charge is 2.17. The largest absolute Gasteiger partial charge is 0.340 e. The summed E-state index contributed by atoms with van der Waals surface area (Å²) in [5.41, 5.74) is 9.56. The molecule has 0 fully saturated rings. The van der Waals surface area contributed by atoms with Crippen LogP contribution in [-0.2, 0) is 6.54 Å². The first kappa shape index (κ1) is 31.5. The lowest BCUT2D eigenvalue weighted by Crippen LogP contribution is -2.10. The molecule has 0 bridgehead atoms. The summed E-state index contributed by atoms with van der Waals surface area (Å²) in [4.78, 5) is 0. The van der Waals surface area contributed by atoms with E-state index in [9.17, 15) is 0 Å². The molecule has 2 aromatic carbocycles. The molecule has 3 rings (SSSR count). The van der Waals surface area contributed by atoms with Crippen molar-refractivity contribution in [3.8, 4) is 0 Å². The Morgan fingerprint density at radius 1 is 0.800 bits per heavy atom. The van der Waals surface area contributed by atoms with E-state index in [1.807, 2.05) is 0 Å². The fraction of sp³-hybridized carbons (Fsp3) is 0.436. The lowest BCUT2D eigenvalue weighted by atomic mass is 9.94. The molecular formula is C39H53N. The monoisotopic (exact) mass is 535 g/mol. The van der Waals surface area contributed by atoms with Gasteiger partial charge in [0.15, 0.2) is 0 Å². The number of nitrogens with zero attached hydrogens (tertiary/aromatic N) is 1. The smallest absolute Gasteiger partial charge is 0.0491 e. The Balaban J connectivity index is 2.15. The maximum absolute atomic E-state index is 4.54. The molecule has 3 aromatic rings. The molecule has 0 aliphatic carbocycles. The number of aromatic nitrogens is 1. The molecule has 1 atom stereocenters. The third kappa shape index (κ3) is 7.57. The number of hydrogen-bond acceptors (Lipinski definition) is 0. The number of benzene rings is 2. The van der Waals surface area contributed by atoms with Crippen LogP contribution in [0.1, 0.15) is 110 Å². The summed E-state index contributed by atoms with van der Waals surface area (Å²) in [7, 11) is 0. The number of rotatable bonds is 17. The molecular weight excluding hydrogens is 482 g/mol. The third-order valence-corrected chi connectivity index (χ3v) is 8.40. The van der Waals surface area contributed by atoms with Crippen LogP contribution < -0.4 is 0 Å². The molecule has 1 heterocycles. The minimum absolute atomic E-state index is 0.680. The second-order valence-electron chi connectivity index (χ2n) is 11.5. The molecule has 0 aliphatic heterocycles. The van der Waals surface area contributed by atoms with E-state index in [2.05, 4.69) is 114 Å². The minimum atomic E-state index is 0.680. The first-order chi connectivity index (χ1) is 19.4. The van der Waals surface area contributed by atoms with Crippen molar-refractivity contribution >= 4 is 33.0 Å². The fourth-order valence-electron chi connectivity index (χ4n) is 5.73. The van der Waals surface area contributed by atoms with E-state index in [-0.39, 0.29) is 0 Å². The van der Waals surface area contributed by atoms with Crippen LogP contribution in [0.15, 0.2) is 85.5 Å². The zero-order valence-corrected chi connectivity index (χ0v) is 26.1. The summed E-state index contributed by atoms with van der Waals surface area (Å²) in [5.74, 6) is 0.680. The zero-order chi connectivity index (χ0) is 29.1. The van der Waals surface area contributed by atoms with E-state index in [1.165, 1.54) is 83.5 Å². The second kappa shape index (κ2) is 15.7. The standard InChI is InChI=1S/C39H53N/c1-9-14-17-19-29(6)30(7)34-22-24-38-36(26-34)37-27-35(31(8)33(18-12-4)21-16-11-3)23-25-39(37)40(38)28-32(13-5)20-15-10-2/h12,18,21-27,32H,6-11,13-17,19-20,28H2,1-5H3/b18-12-,33-21+. The molecule has 1 unspecified atom stereocenters. The summed E-state index contributed by atoms with van der Waals surface area (Å²) >= 11 is 0. The Labute approximate surface area is 245 Å². The van der Waals surface area contributed by atoms with Gasteiger partial charge in [0.2, 0.25) is 0 Å². The van der Waals surface area contributed by atoms with Gasteiger partial charge in [0, 0.05) is 28.4 Å². The van der Waals surface area contributed by atoms with Crippen molar-refractivity contribution in [3.63, 3.8) is 0 Å². The Hall–Kier alpha value is -3.06. The van der Waals surface area contributed by atoms with Gasteiger partial charge in [-0.3, -0.25) is 0 Å². The van der Waals surface area contributed by atoms with Crippen molar-refractivity contribution in [3.05, 3.63) is 96.6 Å². The normalized spacial score (nSPS) is 13.0. The molecule has 1 heteroatoms. The Bertz CT molecular complexity index is 1370. The zero-order valence-electron chi connectivity index (χ0n) is 26.1. The van der Waals surface area contributed by atoms with Gasteiger partial charge in [0.25, 0.3) is 0 Å². The molecule has 40 heavy (non-hydrogen) atoms. The SMILES string of the molecule is C=C(CCCCC)C(=C)c1ccc2c(c1)c1cc(C(=C)C(/C=C\C)=C/CCC)ccc1n2CC(CC)CCCC. The van der Waals surface area contributed by atoms with Crippen LogP contribution in [0.4, 0.5) is 0 Å². The molecule has 0 aliphatic rings. The first-order valence-corrected chi connectivity index (χ1v) is 15.9. The molecule has 214 valence electrons. The van der Waals surface area contributed by atoms with Gasteiger partial charge < -0.3 is 4.57 Å². The molecule has 0 saturated carbocycles. The van der Waals surface area contributed by atoms with Gasteiger partial charge in [-0.1, -0.05) is 116 Å². The van der Waals surface area contributed by atoms with Crippen LogP contribution >= 0.6 is 0 Å². The first-order valence-electron chi connectivity index (χ1n) is 15.9.